The minimum absolute atomic E-state index is 0.0737. The van der Waals surface area contributed by atoms with Crippen molar-refractivity contribution in [2.45, 2.75) is 38.3 Å². The molecular formula is C21H22N2O4. The first kappa shape index (κ1) is 17.4. The van der Waals surface area contributed by atoms with Gasteiger partial charge >= 0.3 is 0 Å². The molecule has 0 bridgehead atoms. The Morgan fingerprint density at radius 2 is 1.56 bits per heavy atom. The van der Waals surface area contributed by atoms with E-state index in [0.29, 0.717) is 12.4 Å². The normalized spacial score (nSPS) is 19.3. The number of rotatable bonds is 7. The zero-order chi connectivity index (χ0) is 18.8. The average molecular weight is 366 g/mol. The maximum atomic E-state index is 12.4. The van der Waals surface area contributed by atoms with Gasteiger partial charge in [0, 0.05) is 11.7 Å². The fraction of sp³-hybridized carbons (Fsp3) is 0.333. The summed E-state index contributed by atoms with van der Waals surface area (Å²) in [5.41, 5.74) is 0.790. The number of amides is 2. The van der Waals surface area contributed by atoms with Gasteiger partial charge in [0.1, 0.15) is 23.3 Å². The first-order valence-electron chi connectivity index (χ1n) is 9.27. The van der Waals surface area contributed by atoms with Gasteiger partial charge in [-0.1, -0.05) is 0 Å². The first-order valence-corrected chi connectivity index (χ1v) is 9.27. The SMILES string of the molecule is CCOc1ccc(Oc2ccc(NC3CC(=O)N(C4CC4)C3=O)cc2)cc1. The van der Waals surface area contributed by atoms with Gasteiger partial charge in [-0.25, -0.2) is 0 Å². The fourth-order valence-electron chi connectivity index (χ4n) is 3.21. The number of nitrogens with one attached hydrogen (secondary N) is 1. The van der Waals surface area contributed by atoms with Crippen LogP contribution < -0.4 is 14.8 Å². The Bertz CT molecular complexity index is 828. The third kappa shape index (κ3) is 3.89. The molecule has 1 atom stereocenters. The predicted octanol–water partition coefficient (Wildman–Crippen LogP) is 3.58. The van der Waals surface area contributed by atoms with Crippen molar-refractivity contribution in [2.75, 3.05) is 11.9 Å². The van der Waals surface area contributed by atoms with Crippen LogP contribution in [0.25, 0.3) is 0 Å². The molecule has 2 aromatic carbocycles. The molecule has 4 rings (SSSR count). The summed E-state index contributed by atoms with van der Waals surface area (Å²) in [5.74, 6) is 2.03. The van der Waals surface area contributed by atoms with Crippen molar-refractivity contribution in [1.82, 2.24) is 4.90 Å². The summed E-state index contributed by atoms with van der Waals surface area (Å²) in [6.45, 7) is 2.57. The summed E-state index contributed by atoms with van der Waals surface area (Å²) in [7, 11) is 0. The van der Waals surface area contributed by atoms with Crippen LogP contribution in [0.4, 0.5) is 5.69 Å². The van der Waals surface area contributed by atoms with Crippen LogP contribution in [-0.2, 0) is 9.59 Å². The van der Waals surface area contributed by atoms with Crippen LogP contribution in [0.5, 0.6) is 17.2 Å². The molecule has 2 amide bonds. The van der Waals surface area contributed by atoms with Crippen LogP contribution >= 0.6 is 0 Å². The molecule has 2 aliphatic rings. The molecule has 0 aromatic heterocycles. The first-order chi connectivity index (χ1) is 13.1. The summed E-state index contributed by atoms with van der Waals surface area (Å²) < 4.78 is 11.2. The Hall–Kier alpha value is -3.02. The van der Waals surface area contributed by atoms with Crippen LogP contribution in [0.15, 0.2) is 48.5 Å². The molecule has 1 aliphatic carbocycles. The number of hydrogen-bond donors (Lipinski definition) is 1. The van der Waals surface area contributed by atoms with Gasteiger partial charge in [0.2, 0.25) is 5.91 Å². The average Bonchev–Trinajstić information content (AvgIpc) is 3.45. The molecule has 0 spiro atoms. The lowest BCUT2D eigenvalue weighted by Gasteiger charge is -2.15. The van der Waals surface area contributed by atoms with Crippen molar-refractivity contribution in [2.24, 2.45) is 0 Å². The molecule has 1 saturated heterocycles. The maximum Gasteiger partial charge on any atom is 0.252 e. The lowest BCUT2D eigenvalue weighted by molar-refractivity contribution is -0.139. The second-order valence-electron chi connectivity index (χ2n) is 6.77. The third-order valence-electron chi connectivity index (χ3n) is 4.66. The quantitative estimate of drug-likeness (QED) is 0.759. The Balaban J connectivity index is 1.36. The largest absolute Gasteiger partial charge is 0.494 e. The van der Waals surface area contributed by atoms with E-state index in [-0.39, 0.29) is 24.3 Å². The number of nitrogens with zero attached hydrogens (tertiary/aromatic N) is 1. The number of anilines is 1. The second-order valence-corrected chi connectivity index (χ2v) is 6.77. The summed E-state index contributed by atoms with van der Waals surface area (Å²) in [6, 6.07) is 14.4. The van der Waals surface area contributed by atoms with E-state index in [1.807, 2.05) is 55.5 Å². The number of imide groups is 1. The minimum Gasteiger partial charge on any atom is -0.494 e. The van der Waals surface area contributed by atoms with Gasteiger partial charge in [0.15, 0.2) is 0 Å². The van der Waals surface area contributed by atoms with Gasteiger partial charge in [0.25, 0.3) is 5.91 Å². The lowest BCUT2D eigenvalue weighted by atomic mass is 10.2. The number of benzene rings is 2. The number of carbonyl (C=O) groups excluding carboxylic acids is 2. The maximum absolute atomic E-state index is 12.4. The third-order valence-corrected chi connectivity index (χ3v) is 4.66. The van der Waals surface area contributed by atoms with E-state index in [0.717, 1.165) is 30.0 Å². The minimum atomic E-state index is -0.476. The topological polar surface area (TPSA) is 67.9 Å². The summed E-state index contributed by atoms with van der Waals surface area (Å²) in [5, 5.41) is 3.16. The molecule has 0 radical (unpaired) electrons. The number of carbonyl (C=O) groups is 2. The molecule has 6 nitrogen and oxygen atoms in total. The van der Waals surface area contributed by atoms with E-state index < -0.39 is 6.04 Å². The molecule has 1 unspecified atom stereocenters. The highest BCUT2D eigenvalue weighted by Crippen LogP contribution is 2.32. The van der Waals surface area contributed by atoms with E-state index in [2.05, 4.69) is 5.32 Å². The molecule has 6 heteroatoms. The Labute approximate surface area is 158 Å². The van der Waals surface area contributed by atoms with Crippen LogP contribution in [0.1, 0.15) is 26.2 Å². The van der Waals surface area contributed by atoms with Crippen LogP contribution in [0.2, 0.25) is 0 Å². The second kappa shape index (κ2) is 7.31. The van der Waals surface area contributed by atoms with Gasteiger partial charge < -0.3 is 14.8 Å². The highest BCUT2D eigenvalue weighted by Gasteiger charge is 2.46. The standard InChI is InChI=1S/C21H22N2O4/c1-2-26-16-9-11-18(12-10-16)27-17-7-3-14(4-8-17)22-19-13-20(24)23(21(19)25)15-5-6-15/h3-4,7-12,15,19,22H,2,5-6,13H2,1H3. The van der Waals surface area contributed by atoms with Crippen molar-refractivity contribution < 1.29 is 19.1 Å². The molecule has 1 saturated carbocycles. The van der Waals surface area contributed by atoms with Crippen molar-refractivity contribution in [3.05, 3.63) is 48.5 Å². The summed E-state index contributed by atoms with van der Waals surface area (Å²) in [6.07, 6.45) is 2.09. The molecular weight excluding hydrogens is 344 g/mol. The Morgan fingerprint density at radius 3 is 2.15 bits per heavy atom. The van der Waals surface area contributed by atoms with Gasteiger partial charge in [-0.3, -0.25) is 14.5 Å². The van der Waals surface area contributed by atoms with E-state index >= 15 is 0 Å². The van der Waals surface area contributed by atoms with Crippen LogP contribution in [0.3, 0.4) is 0 Å². The molecule has 2 fully saturated rings. The molecule has 2 aromatic rings. The van der Waals surface area contributed by atoms with E-state index in [9.17, 15) is 9.59 Å². The highest BCUT2D eigenvalue weighted by atomic mass is 16.5. The van der Waals surface area contributed by atoms with Crippen molar-refractivity contribution >= 4 is 17.5 Å². The summed E-state index contributed by atoms with van der Waals surface area (Å²) in [4.78, 5) is 25.8. The zero-order valence-corrected chi connectivity index (χ0v) is 15.2. The van der Waals surface area contributed by atoms with Gasteiger partial charge in [-0.05, 0) is 68.3 Å². The summed E-state index contributed by atoms with van der Waals surface area (Å²) >= 11 is 0. The molecule has 1 N–H and O–H groups in total. The van der Waals surface area contributed by atoms with E-state index in [1.54, 1.807) is 0 Å². The van der Waals surface area contributed by atoms with Crippen LogP contribution in [-0.4, -0.2) is 35.4 Å². The van der Waals surface area contributed by atoms with Gasteiger partial charge in [0.05, 0.1) is 13.0 Å². The Kier molecular flexibility index (Phi) is 4.71. The predicted molar refractivity (Wildman–Crippen MR) is 101 cm³/mol. The van der Waals surface area contributed by atoms with Crippen molar-refractivity contribution in [3.63, 3.8) is 0 Å². The number of hydrogen-bond acceptors (Lipinski definition) is 5. The Morgan fingerprint density at radius 1 is 0.963 bits per heavy atom. The zero-order valence-electron chi connectivity index (χ0n) is 15.2. The lowest BCUT2D eigenvalue weighted by Crippen LogP contribution is -2.36. The molecule has 1 heterocycles. The fourth-order valence-corrected chi connectivity index (χ4v) is 3.21. The molecule has 1 aliphatic heterocycles. The molecule has 27 heavy (non-hydrogen) atoms. The smallest absolute Gasteiger partial charge is 0.252 e. The highest BCUT2D eigenvalue weighted by molar-refractivity contribution is 6.07. The monoisotopic (exact) mass is 366 g/mol. The van der Waals surface area contributed by atoms with Gasteiger partial charge in [-0.15, -0.1) is 0 Å². The van der Waals surface area contributed by atoms with Gasteiger partial charge in [-0.2, -0.15) is 0 Å². The van der Waals surface area contributed by atoms with E-state index in [1.165, 1.54) is 4.90 Å². The number of likely N-dealkylation sites (tertiary alicyclic amines) is 1. The molecule has 140 valence electrons. The van der Waals surface area contributed by atoms with E-state index in [4.69, 9.17) is 9.47 Å². The van der Waals surface area contributed by atoms with Crippen LogP contribution in [0, 0.1) is 0 Å². The van der Waals surface area contributed by atoms with Crippen molar-refractivity contribution in [3.8, 4) is 17.2 Å². The number of ether oxygens (including phenoxy) is 2. The van der Waals surface area contributed by atoms with Crippen molar-refractivity contribution in [1.29, 1.82) is 0 Å².